The largest absolute Gasteiger partial charge is 0.497 e. The first-order valence-corrected chi connectivity index (χ1v) is 7.63. The highest BCUT2D eigenvalue weighted by atomic mass is 16.5. The summed E-state index contributed by atoms with van der Waals surface area (Å²) >= 11 is 0. The Morgan fingerprint density at radius 3 is 2.92 bits per heavy atom. The van der Waals surface area contributed by atoms with Crippen molar-refractivity contribution in [3.05, 3.63) is 54.1 Å². The van der Waals surface area contributed by atoms with Crippen LogP contribution in [0.4, 0.5) is 5.69 Å². The number of carbonyl (C=O) groups excluding carboxylic acids is 2. The molecule has 3 rings (SSSR count). The third kappa shape index (κ3) is 3.32. The molecule has 2 aromatic rings. The van der Waals surface area contributed by atoms with E-state index in [0.717, 1.165) is 5.69 Å². The Morgan fingerprint density at radius 1 is 1.25 bits per heavy atom. The Bertz CT molecular complexity index is 760. The Balaban J connectivity index is 1.62. The molecule has 1 heterocycles. The maximum Gasteiger partial charge on any atom is 0.265 e. The molecule has 1 aliphatic heterocycles. The molecule has 0 spiro atoms. The van der Waals surface area contributed by atoms with Gasteiger partial charge < -0.3 is 19.7 Å². The van der Waals surface area contributed by atoms with Crippen molar-refractivity contribution in [2.45, 2.75) is 0 Å². The molecule has 0 radical (unpaired) electrons. The van der Waals surface area contributed by atoms with Crippen molar-refractivity contribution < 1.29 is 19.1 Å². The predicted octanol–water partition coefficient (Wildman–Crippen LogP) is 1.85. The number of para-hydroxylation sites is 2. The molecule has 0 atom stereocenters. The minimum absolute atomic E-state index is 0.0147. The number of benzene rings is 2. The van der Waals surface area contributed by atoms with Crippen LogP contribution in [0.1, 0.15) is 10.4 Å². The molecule has 0 aromatic heterocycles. The molecule has 0 unspecified atom stereocenters. The lowest BCUT2D eigenvalue weighted by molar-refractivity contribution is -0.121. The predicted molar refractivity (Wildman–Crippen MR) is 89.6 cm³/mol. The van der Waals surface area contributed by atoms with Gasteiger partial charge in [-0.25, -0.2) is 0 Å². The van der Waals surface area contributed by atoms with Gasteiger partial charge in [0.05, 0.1) is 12.8 Å². The normalized spacial score (nSPS) is 13.0. The highest BCUT2D eigenvalue weighted by molar-refractivity contribution is 5.98. The van der Waals surface area contributed by atoms with Crippen molar-refractivity contribution in [3.63, 3.8) is 0 Å². The summed E-state index contributed by atoms with van der Waals surface area (Å²) in [4.78, 5) is 25.9. The number of carbonyl (C=O) groups is 2. The number of ether oxygens (including phenoxy) is 2. The molecule has 124 valence electrons. The monoisotopic (exact) mass is 326 g/mol. The van der Waals surface area contributed by atoms with Crippen LogP contribution in [0.15, 0.2) is 48.5 Å². The van der Waals surface area contributed by atoms with Crippen LogP contribution in [0.3, 0.4) is 0 Å². The molecule has 2 aromatic carbocycles. The lowest BCUT2D eigenvalue weighted by Crippen LogP contribution is -2.43. The van der Waals surface area contributed by atoms with Crippen LogP contribution in [-0.2, 0) is 4.79 Å². The molecule has 0 saturated heterocycles. The maximum absolute atomic E-state index is 12.2. The average Bonchev–Trinajstić information content (AvgIpc) is 2.63. The van der Waals surface area contributed by atoms with Crippen LogP contribution < -0.4 is 19.7 Å². The summed E-state index contributed by atoms with van der Waals surface area (Å²) in [6.45, 7) is 0.742. The Labute approximate surface area is 140 Å². The average molecular weight is 326 g/mol. The van der Waals surface area contributed by atoms with E-state index in [9.17, 15) is 9.59 Å². The van der Waals surface area contributed by atoms with Gasteiger partial charge in [0, 0.05) is 18.7 Å². The number of hydrogen-bond acceptors (Lipinski definition) is 4. The van der Waals surface area contributed by atoms with Crippen LogP contribution >= 0.6 is 0 Å². The fourth-order valence-electron chi connectivity index (χ4n) is 2.55. The van der Waals surface area contributed by atoms with Gasteiger partial charge in [-0.3, -0.25) is 9.59 Å². The van der Waals surface area contributed by atoms with Crippen molar-refractivity contribution in [1.29, 1.82) is 0 Å². The molecule has 2 amide bonds. The fraction of sp³-hybridized carbons (Fsp3) is 0.222. The van der Waals surface area contributed by atoms with E-state index in [4.69, 9.17) is 9.47 Å². The van der Waals surface area contributed by atoms with Crippen molar-refractivity contribution >= 4 is 17.5 Å². The van der Waals surface area contributed by atoms with Crippen molar-refractivity contribution in [1.82, 2.24) is 5.32 Å². The van der Waals surface area contributed by atoms with Crippen molar-refractivity contribution in [2.24, 2.45) is 0 Å². The quantitative estimate of drug-likeness (QED) is 0.910. The number of anilines is 1. The third-order valence-corrected chi connectivity index (χ3v) is 3.76. The smallest absolute Gasteiger partial charge is 0.265 e. The topological polar surface area (TPSA) is 67.9 Å². The highest BCUT2D eigenvalue weighted by Crippen LogP contribution is 2.30. The first-order valence-electron chi connectivity index (χ1n) is 7.63. The number of nitrogens with zero attached hydrogens (tertiary/aromatic N) is 1. The van der Waals surface area contributed by atoms with E-state index in [1.807, 2.05) is 24.3 Å². The Morgan fingerprint density at radius 2 is 2.08 bits per heavy atom. The molecule has 6 nitrogen and oxygen atoms in total. The van der Waals surface area contributed by atoms with Gasteiger partial charge in [-0.2, -0.15) is 0 Å². The molecular formula is C18H18N2O4. The van der Waals surface area contributed by atoms with E-state index >= 15 is 0 Å². The number of fused-ring (bicyclic) bond motifs is 1. The van der Waals surface area contributed by atoms with E-state index < -0.39 is 0 Å². The summed E-state index contributed by atoms with van der Waals surface area (Å²) in [6, 6.07) is 14.3. The minimum atomic E-state index is -0.206. The molecule has 24 heavy (non-hydrogen) atoms. The lowest BCUT2D eigenvalue weighted by atomic mass is 10.2. The van der Waals surface area contributed by atoms with Crippen LogP contribution in [0.25, 0.3) is 0 Å². The first kappa shape index (κ1) is 15.9. The van der Waals surface area contributed by atoms with Crippen molar-refractivity contribution in [3.8, 4) is 11.5 Å². The highest BCUT2D eigenvalue weighted by Gasteiger charge is 2.24. The van der Waals surface area contributed by atoms with Gasteiger partial charge in [0.1, 0.15) is 11.5 Å². The molecule has 1 N–H and O–H groups in total. The Kier molecular flexibility index (Phi) is 4.65. The second kappa shape index (κ2) is 7.04. The molecule has 0 bridgehead atoms. The van der Waals surface area contributed by atoms with E-state index in [2.05, 4.69) is 5.32 Å². The summed E-state index contributed by atoms with van der Waals surface area (Å²) < 4.78 is 10.5. The zero-order chi connectivity index (χ0) is 16.9. The van der Waals surface area contributed by atoms with E-state index in [-0.39, 0.29) is 18.4 Å². The van der Waals surface area contributed by atoms with Gasteiger partial charge in [-0.1, -0.05) is 18.2 Å². The first-order chi connectivity index (χ1) is 11.7. The summed E-state index contributed by atoms with van der Waals surface area (Å²) in [6.07, 6.45) is 0. The standard InChI is InChI=1S/C18H18N2O4/c1-23-14-6-4-5-13(11-14)18(22)19-9-10-20-15-7-2-3-8-16(15)24-12-17(20)21/h2-8,11H,9-10,12H2,1H3,(H,19,22). The minimum Gasteiger partial charge on any atom is -0.497 e. The maximum atomic E-state index is 12.2. The van der Waals surface area contributed by atoms with Crippen LogP contribution in [0, 0.1) is 0 Å². The number of hydrogen-bond donors (Lipinski definition) is 1. The van der Waals surface area contributed by atoms with E-state index in [0.29, 0.717) is 30.2 Å². The second-order valence-corrected chi connectivity index (χ2v) is 5.29. The van der Waals surface area contributed by atoms with Gasteiger partial charge in [-0.15, -0.1) is 0 Å². The number of rotatable bonds is 5. The van der Waals surface area contributed by atoms with Gasteiger partial charge in [0.2, 0.25) is 0 Å². The molecule has 0 saturated carbocycles. The number of nitrogens with one attached hydrogen (secondary N) is 1. The summed E-state index contributed by atoms with van der Waals surface area (Å²) in [7, 11) is 1.55. The van der Waals surface area contributed by atoms with Crippen LogP contribution in [0.2, 0.25) is 0 Å². The molecule has 0 aliphatic carbocycles. The van der Waals surface area contributed by atoms with Gasteiger partial charge in [0.25, 0.3) is 11.8 Å². The molecule has 1 aliphatic rings. The van der Waals surface area contributed by atoms with E-state index in [1.54, 1.807) is 36.3 Å². The Hall–Kier alpha value is -3.02. The fourth-order valence-corrected chi connectivity index (χ4v) is 2.55. The zero-order valence-electron chi connectivity index (χ0n) is 13.3. The molecular weight excluding hydrogens is 308 g/mol. The van der Waals surface area contributed by atoms with Gasteiger partial charge >= 0.3 is 0 Å². The lowest BCUT2D eigenvalue weighted by Gasteiger charge is -2.29. The SMILES string of the molecule is COc1cccc(C(=O)NCCN2C(=O)COc3ccccc32)c1. The zero-order valence-corrected chi connectivity index (χ0v) is 13.3. The van der Waals surface area contributed by atoms with Gasteiger partial charge in [-0.05, 0) is 30.3 Å². The molecule has 0 fully saturated rings. The molecule has 6 heteroatoms. The summed E-state index contributed by atoms with van der Waals surface area (Å²) in [5.41, 5.74) is 1.24. The summed E-state index contributed by atoms with van der Waals surface area (Å²) in [5.74, 6) is 0.975. The van der Waals surface area contributed by atoms with E-state index in [1.165, 1.54) is 0 Å². The number of methoxy groups -OCH3 is 1. The number of amides is 2. The van der Waals surface area contributed by atoms with Crippen LogP contribution in [0.5, 0.6) is 11.5 Å². The summed E-state index contributed by atoms with van der Waals surface area (Å²) in [5, 5.41) is 2.82. The van der Waals surface area contributed by atoms with Crippen LogP contribution in [-0.4, -0.2) is 38.6 Å². The third-order valence-electron chi connectivity index (χ3n) is 3.76. The van der Waals surface area contributed by atoms with Crippen molar-refractivity contribution in [2.75, 3.05) is 31.7 Å². The second-order valence-electron chi connectivity index (χ2n) is 5.29. The van der Waals surface area contributed by atoms with Gasteiger partial charge in [0.15, 0.2) is 6.61 Å².